The Bertz CT molecular complexity index is 845. The van der Waals surface area contributed by atoms with Crippen LogP contribution in [0.3, 0.4) is 0 Å². The van der Waals surface area contributed by atoms with Crippen LogP contribution in [0.1, 0.15) is 22.8 Å². The molecule has 7 heteroatoms. The second-order valence-electron chi connectivity index (χ2n) is 6.91. The lowest BCUT2D eigenvalue weighted by molar-refractivity contribution is 0.0956. The van der Waals surface area contributed by atoms with Crippen LogP contribution in [-0.2, 0) is 6.54 Å². The predicted molar refractivity (Wildman–Crippen MR) is 120 cm³/mol. The van der Waals surface area contributed by atoms with Gasteiger partial charge >= 0.3 is 0 Å². The number of halogens is 1. The number of hydrogen-bond donors (Lipinski definition) is 2. The first kappa shape index (κ1) is 21.0. The Morgan fingerprint density at radius 3 is 2.41 bits per heavy atom. The number of carbonyl (C=O) groups is 1. The van der Waals surface area contributed by atoms with Gasteiger partial charge in [0.25, 0.3) is 5.91 Å². The van der Waals surface area contributed by atoms with E-state index in [9.17, 15) is 4.79 Å². The van der Waals surface area contributed by atoms with Crippen LogP contribution in [0.25, 0.3) is 0 Å². The fourth-order valence-corrected chi connectivity index (χ4v) is 3.58. The molecule has 0 saturated carbocycles. The van der Waals surface area contributed by atoms with E-state index in [4.69, 9.17) is 11.6 Å². The zero-order valence-electron chi connectivity index (χ0n) is 17.0. The Hall–Kier alpha value is -2.73. The van der Waals surface area contributed by atoms with Crippen molar-refractivity contribution >= 4 is 29.2 Å². The molecule has 154 valence electrons. The molecule has 0 bridgehead atoms. The summed E-state index contributed by atoms with van der Waals surface area (Å²) in [5.41, 5.74) is 2.95. The zero-order chi connectivity index (χ0) is 20.6. The highest BCUT2D eigenvalue weighted by Crippen LogP contribution is 2.20. The highest BCUT2D eigenvalue weighted by atomic mass is 35.5. The Morgan fingerprint density at radius 2 is 1.79 bits per heavy atom. The van der Waals surface area contributed by atoms with E-state index in [0.717, 1.165) is 48.4 Å². The molecule has 2 aromatic rings. The molecule has 6 nitrogen and oxygen atoms in total. The fraction of sp³-hybridized carbons (Fsp3) is 0.364. The number of anilines is 1. The lowest BCUT2D eigenvalue weighted by atomic mass is 10.1. The van der Waals surface area contributed by atoms with Crippen molar-refractivity contribution in [2.45, 2.75) is 13.5 Å². The van der Waals surface area contributed by atoms with Crippen molar-refractivity contribution in [1.82, 2.24) is 15.5 Å². The molecule has 1 fully saturated rings. The smallest absolute Gasteiger partial charge is 0.251 e. The second kappa shape index (κ2) is 10.2. The minimum Gasteiger partial charge on any atom is -0.368 e. The monoisotopic (exact) mass is 413 g/mol. The summed E-state index contributed by atoms with van der Waals surface area (Å²) in [4.78, 5) is 20.9. The minimum absolute atomic E-state index is 0.0413. The topological polar surface area (TPSA) is 60.0 Å². The molecule has 1 aliphatic heterocycles. The molecule has 0 aromatic heterocycles. The van der Waals surface area contributed by atoms with Crippen molar-refractivity contribution in [3.63, 3.8) is 0 Å². The van der Waals surface area contributed by atoms with Gasteiger partial charge in [-0.2, -0.15) is 0 Å². The number of rotatable bonds is 5. The van der Waals surface area contributed by atoms with E-state index in [-0.39, 0.29) is 5.91 Å². The van der Waals surface area contributed by atoms with Crippen LogP contribution in [0.4, 0.5) is 5.69 Å². The number of nitrogens with one attached hydrogen (secondary N) is 2. The Morgan fingerprint density at radius 1 is 1.07 bits per heavy atom. The first-order valence-electron chi connectivity index (χ1n) is 9.94. The van der Waals surface area contributed by atoms with Crippen molar-refractivity contribution in [3.05, 3.63) is 64.7 Å². The van der Waals surface area contributed by atoms with Crippen LogP contribution in [0.2, 0.25) is 5.02 Å². The summed E-state index contributed by atoms with van der Waals surface area (Å²) < 4.78 is 0. The average molecular weight is 414 g/mol. The molecule has 0 spiro atoms. The summed E-state index contributed by atoms with van der Waals surface area (Å²) in [6.07, 6.45) is 0. The van der Waals surface area contributed by atoms with Gasteiger partial charge in [-0.25, -0.2) is 0 Å². The molecule has 0 unspecified atom stereocenters. The maximum atomic E-state index is 11.9. The second-order valence-corrected chi connectivity index (χ2v) is 7.35. The fourth-order valence-electron chi connectivity index (χ4n) is 3.40. The van der Waals surface area contributed by atoms with Crippen molar-refractivity contribution in [3.8, 4) is 0 Å². The van der Waals surface area contributed by atoms with Crippen molar-refractivity contribution in [1.29, 1.82) is 0 Å². The lowest BCUT2D eigenvalue weighted by Gasteiger charge is -2.37. The van der Waals surface area contributed by atoms with Gasteiger partial charge in [0.1, 0.15) is 0 Å². The number of guanidine groups is 1. The molecule has 0 radical (unpaired) electrons. The number of carbonyl (C=O) groups excluding carboxylic acids is 1. The Labute approximate surface area is 177 Å². The van der Waals surface area contributed by atoms with Crippen molar-refractivity contribution in [2.24, 2.45) is 4.99 Å². The van der Waals surface area contributed by atoms with Gasteiger partial charge in [0.05, 0.1) is 0 Å². The summed E-state index contributed by atoms with van der Waals surface area (Å²) in [7, 11) is 1.81. The molecule has 2 N–H and O–H groups in total. The third-order valence-electron chi connectivity index (χ3n) is 4.97. The van der Waals surface area contributed by atoms with Crippen LogP contribution in [0.5, 0.6) is 0 Å². The van der Waals surface area contributed by atoms with Gasteiger partial charge in [-0.3, -0.25) is 9.79 Å². The van der Waals surface area contributed by atoms with E-state index < -0.39 is 0 Å². The largest absolute Gasteiger partial charge is 0.368 e. The van der Waals surface area contributed by atoms with Crippen LogP contribution < -0.4 is 15.5 Å². The molecule has 1 aliphatic rings. The van der Waals surface area contributed by atoms with Gasteiger partial charge in [-0.1, -0.05) is 29.8 Å². The van der Waals surface area contributed by atoms with Crippen LogP contribution >= 0.6 is 11.6 Å². The van der Waals surface area contributed by atoms with Gasteiger partial charge in [0, 0.05) is 62.6 Å². The maximum absolute atomic E-state index is 11.9. The maximum Gasteiger partial charge on any atom is 0.251 e. The Balaban J connectivity index is 1.51. The number of nitrogens with zero attached hydrogens (tertiary/aromatic N) is 3. The summed E-state index contributed by atoms with van der Waals surface area (Å²) in [6.45, 7) is 6.83. The molecular weight excluding hydrogens is 386 g/mol. The summed E-state index contributed by atoms with van der Waals surface area (Å²) >= 11 is 6.12. The number of aliphatic imine (C=N–C) groups is 1. The van der Waals surface area contributed by atoms with E-state index in [1.54, 1.807) is 0 Å². The number of hydrogen-bond acceptors (Lipinski definition) is 3. The lowest BCUT2D eigenvalue weighted by Crippen LogP contribution is -2.52. The molecular formula is C22H28ClN5O. The molecule has 1 saturated heterocycles. The minimum atomic E-state index is -0.0413. The standard InChI is InChI=1S/C22H28ClN5O/c1-3-25-21(29)18-9-7-17(8-10-18)16-26-22(24-2)28-13-11-27(12-14-28)20-6-4-5-19(23)15-20/h4-10,15H,3,11-14,16H2,1-2H3,(H,24,26)(H,25,29). The summed E-state index contributed by atoms with van der Waals surface area (Å²) in [5.74, 6) is 0.851. The van der Waals surface area contributed by atoms with Gasteiger partial charge in [-0.05, 0) is 42.8 Å². The van der Waals surface area contributed by atoms with E-state index in [1.165, 1.54) is 0 Å². The van der Waals surface area contributed by atoms with E-state index in [0.29, 0.717) is 18.7 Å². The third kappa shape index (κ3) is 5.64. The predicted octanol–water partition coefficient (Wildman–Crippen LogP) is 2.99. The van der Waals surface area contributed by atoms with Crippen LogP contribution in [-0.4, -0.2) is 56.5 Å². The van der Waals surface area contributed by atoms with E-state index >= 15 is 0 Å². The van der Waals surface area contributed by atoms with Gasteiger partial charge in [0.2, 0.25) is 0 Å². The van der Waals surface area contributed by atoms with Crippen molar-refractivity contribution < 1.29 is 4.79 Å². The first-order valence-corrected chi connectivity index (χ1v) is 10.3. The Kier molecular flexibility index (Phi) is 7.36. The molecule has 3 rings (SSSR count). The van der Waals surface area contributed by atoms with Gasteiger partial charge < -0.3 is 20.4 Å². The van der Waals surface area contributed by atoms with Crippen LogP contribution in [0.15, 0.2) is 53.5 Å². The highest BCUT2D eigenvalue weighted by molar-refractivity contribution is 6.30. The molecule has 1 heterocycles. The number of amides is 1. The highest BCUT2D eigenvalue weighted by Gasteiger charge is 2.20. The number of benzene rings is 2. The van der Waals surface area contributed by atoms with E-state index in [2.05, 4.69) is 31.5 Å². The third-order valence-corrected chi connectivity index (χ3v) is 5.20. The normalized spacial score (nSPS) is 14.7. The SMILES string of the molecule is CCNC(=O)c1ccc(CNC(=NC)N2CCN(c3cccc(Cl)c3)CC2)cc1. The molecule has 2 aromatic carbocycles. The molecule has 1 amide bonds. The average Bonchev–Trinajstić information content (AvgIpc) is 2.75. The molecule has 29 heavy (non-hydrogen) atoms. The quantitative estimate of drug-likeness (QED) is 0.584. The molecule has 0 aliphatic carbocycles. The zero-order valence-corrected chi connectivity index (χ0v) is 17.7. The number of piperazine rings is 1. The summed E-state index contributed by atoms with van der Waals surface area (Å²) in [6, 6.07) is 15.7. The summed E-state index contributed by atoms with van der Waals surface area (Å²) in [5, 5.41) is 7.00. The first-order chi connectivity index (χ1) is 14.1. The molecule has 0 atom stereocenters. The van der Waals surface area contributed by atoms with Crippen LogP contribution in [0, 0.1) is 0 Å². The van der Waals surface area contributed by atoms with Gasteiger partial charge in [-0.15, -0.1) is 0 Å². The van der Waals surface area contributed by atoms with E-state index in [1.807, 2.05) is 56.4 Å². The van der Waals surface area contributed by atoms with Gasteiger partial charge in [0.15, 0.2) is 5.96 Å². The van der Waals surface area contributed by atoms with Crippen molar-refractivity contribution in [2.75, 3.05) is 44.7 Å².